The lowest BCUT2D eigenvalue weighted by Crippen LogP contribution is -3.00. The van der Waals surface area contributed by atoms with Crippen LogP contribution in [0.2, 0.25) is 0 Å². The summed E-state index contributed by atoms with van der Waals surface area (Å²) in [5, 5.41) is 0. The van der Waals surface area contributed by atoms with Crippen molar-refractivity contribution in [2.75, 3.05) is 20.8 Å². The lowest BCUT2D eigenvalue weighted by atomic mass is 9.92. The Morgan fingerprint density at radius 3 is 2.19 bits per heavy atom. The molecular weight excluding hydrogens is 439 g/mol. The van der Waals surface area contributed by atoms with Gasteiger partial charge in [-0.1, -0.05) is 38.3 Å². The molecule has 0 fully saturated rings. The molecule has 2 aromatic carbocycles. The van der Waals surface area contributed by atoms with Gasteiger partial charge in [-0.25, -0.2) is 4.58 Å². The molecular formula is C25H31ClF3NO2. The summed E-state index contributed by atoms with van der Waals surface area (Å²) >= 11 is 0. The summed E-state index contributed by atoms with van der Waals surface area (Å²) in [5.74, 6) is 1.42. The molecule has 0 bridgehead atoms. The van der Waals surface area contributed by atoms with Crippen LogP contribution in [0.5, 0.6) is 11.5 Å². The van der Waals surface area contributed by atoms with Crippen molar-refractivity contribution in [1.82, 2.24) is 0 Å². The van der Waals surface area contributed by atoms with Gasteiger partial charge in [0.1, 0.15) is 6.54 Å². The van der Waals surface area contributed by atoms with Crippen molar-refractivity contribution in [3.05, 3.63) is 58.7 Å². The van der Waals surface area contributed by atoms with E-state index in [4.69, 9.17) is 9.47 Å². The summed E-state index contributed by atoms with van der Waals surface area (Å²) in [6.45, 7) is 3.61. The lowest BCUT2D eigenvalue weighted by Gasteiger charge is -2.21. The molecule has 0 N–H and O–H groups in total. The highest BCUT2D eigenvalue weighted by atomic mass is 35.5. The highest BCUT2D eigenvalue weighted by molar-refractivity contribution is 5.99. The van der Waals surface area contributed by atoms with E-state index in [1.165, 1.54) is 36.2 Å². The minimum absolute atomic E-state index is 0. The van der Waals surface area contributed by atoms with E-state index >= 15 is 0 Å². The largest absolute Gasteiger partial charge is 1.00 e. The van der Waals surface area contributed by atoms with Crippen molar-refractivity contribution in [3.8, 4) is 11.5 Å². The van der Waals surface area contributed by atoms with Crippen molar-refractivity contribution in [1.29, 1.82) is 0 Å². The van der Waals surface area contributed by atoms with E-state index < -0.39 is 11.7 Å². The number of ether oxygens (including phenoxy) is 2. The summed E-state index contributed by atoms with van der Waals surface area (Å²) in [5.41, 5.74) is 3.89. The third-order valence-electron chi connectivity index (χ3n) is 5.87. The fraction of sp³-hybridized carbons (Fsp3) is 0.480. The Bertz CT molecular complexity index is 924. The predicted octanol–water partition coefficient (Wildman–Crippen LogP) is 3.25. The first-order valence-corrected chi connectivity index (χ1v) is 10.9. The van der Waals surface area contributed by atoms with Crippen molar-refractivity contribution in [3.63, 3.8) is 0 Å². The minimum atomic E-state index is -4.31. The Balaban J connectivity index is 0.00000363. The molecule has 32 heavy (non-hydrogen) atoms. The molecule has 0 spiro atoms. The van der Waals surface area contributed by atoms with Gasteiger partial charge in [0.25, 0.3) is 0 Å². The normalized spacial score (nSPS) is 13.4. The first kappa shape index (κ1) is 26.0. The second kappa shape index (κ2) is 11.6. The van der Waals surface area contributed by atoms with Gasteiger partial charge < -0.3 is 21.9 Å². The first-order chi connectivity index (χ1) is 14.9. The molecule has 0 aliphatic carbocycles. The molecule has 0 saturated heterocycles. The third kappa shape index (κ3) is 6.18. The van der Waals surface area contributed by atoms with Crippen molar-refractivity contribution in [2.45, 2.75) is 58.2 Å². The van der Waals surface area contributed by atoms with Crippen LogP contribution in [0.3, 0.4) is 0 Å². The molecule has 0 saturated carbocycles. The molecule has 0 amide bonds. The average Bonchev–Trinajstić information content (AvgIpc) is 2.76. The fourth-order valence-corrected chi connectivity index (χ4v) is 4.16. The molecule has 1 aliphatic heterocycles. The number of alkyl halides is 3. The van der Waals surface area contributed by atoms with Crippen LogP contribution in [0, 0.1) is 0 Å². The summed E-state index contributed by atoms with van der Waals surface area (Å²) in [6.07, 6.45) is 2.10. The monoisotopic (exact) mass is 469 g/mol. The number of benzene rings is 2. The zero-order valence-electron chi connectivity index (χ0n) is 18.9. The summed E-state index contributed by atoms with van der Waals surface area (Å²) in [6, 6.07) is 9.60. The van der Waals surface area contributed by atoms with Crippen LogP contribution >= 0.6 is 0 Å². The van der Waals surface area contributed by atoms with Crippen LogP contribution in [0.25, 0.3) is 0 Å². The van der Waals surface area contributed by atoms with Crippen LogP contribution in [0.1, 0.15) is 61.3 Å². The van der Waals surface area contributed by atoms with Gasteiger partial charge in [0.15, 0.2) is 23.8 Å². The topological polar surface area (TPSA) is 21.5 Å². The van der Waals surface area contributed by atoms with Crippen LogP contribution in [0.15, 0.2) is 36.4 Å². The van der Waals surface area contributed by atoms with Gasteiger partial charge in [-0.3, -0.25) is 0 Å². The Morgan fingerprint density at radius 1 is 0.938 bits per heavy atom. The Labute approximate surface area is 194 Å². The van der Waals surface area contributed by atoms with Crippen LogP contribution < -0.4 is 21.9 Å². The number of halogens is 4. The zero-order valence-corrected chi connectivity index (χ0v) is 19.7. The van der Waals surface area contributed by atoms with Gasteiger partial charge in [0.05, 0.1) is 19.8 Å². The van der Waals surface area contributed by atoms with E-state index in [0.29, 0.717) is 12.3 Å². The standard InChI is InChI=1S/C25H31F3NO2.ClH/c1-4-5-6-7-8-22-21-16-24(31-3)23(30-2)15-19(21)13-14-29(22)17-18-9-11-20(12-10-18)25(26,27)28;/h9-12,15-16H,4-8,13-14,17H2,1-3H3;1H/q+1;/p-1. The number of nitrogens with zero attached hydrogens (tertiary/aromatic N) is 1. The van der Waals surface area contributed by atoms with E-state index in [1.807, 2.05) is 6.07 Å². The molecule has 1 aliphatic rings. The molecule has 2 aromatic rings. The number of hydrogen-bond donors (Lipinski definition) is 0. The highest BCUT2D eigenvalue weighted by Gasteiger charge is 2.31. The highest BCUT2D eigenvalue weighted by Crippen LogP contribution is 2.34. The van der Waals surface area contributed by atoms with Crippen LogP contribution in [-0.4, -0.2) is 31.1 Å². The predicted molar refractivity (Wildman–Crippen MR) is 116 cm³/mol. The molecule has 0 atom stereocenters. The third-order valence-corrected chi connectivity index (χ3v) is 5.87. The van der Waals surface area contributed by atoms with Gasteiger partial charge in [-0.15, -0.1) is 0 Å². The Kier molecular flexibility index (Phi) is 9.44. The van der Waals surface area contributed by atoms with E-state index in [-0.39, 0.29) is 12.4 Å². The van der Waals surface area contributed by atoms with Gasteiger partial charge >= 0.3 is 6.18 Å². The van der Waals surface area contributed by atoms with E-state index in [1.54, 1.807) is 26.4 Å². The molecule has 3 rings (SSSR count). The van der Waals surface area contributed by atoms with Gasteiger partial charge in [-0.2, -0.15) is 13.2 Å². The molecule has 7 heteroatoms. The summed E-state index contributed by atoms with van der Waals surface area (Å²) in [4.78, 5) is 0. The Morgan fingerprint density at radius 2 is 1.59 bits per heavy atom. The molecule has 176 valence electrons. The Hall–Kier alpha value is -2.21. The lowest BCUT2D eigenvalue weighted by molar-refractivity contribution is -0.545. The van der Waals surface area contributed by atoms with Gasteiger partial charge in [0.2, 0.25) is 0 Å². The molecule has 1 heterocycles. The molecule has 3 nitrogen and oxygen atoms in total. The average molecular weight is 470 g/mol. The van der Waals surface area contributed by atoms with Gasteiger partial charge in [-0.05, 0) is 36.2 Å². The summed E-state index contributed by atoms with van der Waals surface area (Å²) < 4.78 is 52.0. The number of unbranched alkanes of at least 4 members (excludes halogenated alkanes) is 3. The van der Waals surface area contributed by atoms with Crippen LogP contribution in [-0.2, 0) is 19.1 Å². The maximum atomic E-state index is 12.9. The summed E-state index contributed by atoms with van der Waals surface area (Å²) in [7, 11) is 3.27. The second-order valence-corrected chi connectivity index (χ2v) is 7.99. The maximum Gasteiger partial charge on any atom is 0.416 e. The first-order valence-electron chi connectivity index (χ1n) is 10.9. The molecule has 0 aromatic heterocycles. The number of rotatable bonds is 9. The quantitative estimate of drug-likeness (QED) is 0.415. The van der Waals surface area contributed by atoms with Crippen molar-refractivity contribution < 1.29 is 39.6 Å². The fourth-order valence-electron chi connectivity index (χ4n) is 4.16. The second-order valence-electron chi connectivity index (χ2n) is 7.99. The number of fused-ring (bicyclic) bond motifs is 1. The minimum Gasteiger partial charge on any atom is -1.00 e. The SMILES string of the molecule is CCCCCCC1=[N+](Cc2ccc(C(F)(F)F)cc2)CCc2cc(OC)c(OC)cc21.[Cl-]. The van der Waals surface area contributed by atoms with Gasteiger partial charge in [0, 0.05) is 24.0 Å². The van der Waals surface area contributed by atoms with E-state index in [9.17, 15) is 13.2 Å². The molecule has 0 unspecified atom stereocenters. The maximum absolute atomic E-state index is 12.9. The van der Waals surface area contributed by atoms with Crippen molar-refractivity contribution >= 4 is 5.71 Å². The number of methoxy groups -OCH3 is 2. The smallest absolute Gasteiger partial charge is 0.416 e. The molecule has 0 radical (unpaired) electrons. The van der Waals surface area contributed by atoms with E-state index in [0.717, 1.165) is 49.1 Å². The van der Waals surface area contributed by atoms with E-state index in [2.05, 4.69) is 17.6 Å². The zero-order chi connectivity index (χ0) is 22.4. The van der Waals surface area contributed by atoms with Crippen molar-refractivity contribution in [2.24, 2.45) is 0 Å². The number of hydrogen-bond acceptors (Lipinski definition) is 2. The van der Waals surface area contributed by atoms with Crippen LogP contribution in [0.4, 0.5) is 13.2 Å².